The van der Waals surface area contributed by atoms with E-state index in [4.69, 9.17) is 16.3 Å². The average molecular weight is 261 g/mol. The van der Waals surface area contributed by atoms with Crippen LogP contribution in [0.1, 0.15) is 52.9 Å². The van der Waals surface area contributed by atoms with Crippen molar-refractivity contribution in [1.29, 1.82) is 0 Å². The Labute approximate surface area is 110 Å². The van der Waals surface area contributed by atoms with E-state index in [-0.39, 0.29) is 12.1 Å². The van der Waals surface area contributed by atoms with Gasteiger partial charge in [0.25, 0.3) is 0 Å². The summed E-state index contributed by atoms with van der Waals surface area (Å²) >= 11 is 5.58. The minimum atomic E-state index is -0.0737. The van der Waals surface area contributed by atoms with Crippen molar-refractivity contribution in [3.8, 4) is 0 Å². The molecule has 0 bridgehead atoms. The largest absolute Gasteiger partial charge is 0.462 e. The predicted octanol–water partition coefficient (Wildman–Crippen LogP) is 4.01. The SMILES string of the molecule is CC1CCC(C(C)C)C(OC(=O)CCCCl)C1. The second-order valence-electron chi connectivity index (χ2n) is 5.65. The zero-order valence-corrected chi connectivity index (χ0v) is 12.0. The molecule has 1 fully saturated rings. The number of rotatable bonds is 5. The van der Waals surface area contributed by atoms with Crippen LogP contribution >= 0.6 is 11.6 Å². The summed E-state index contributed by atoms with van der Waals surface area (Å²) in [5.41, 5.74) is 0. The Morgan fingerprint density at radius 3 is 2.71 bits per heavy atom. The highest BCUT2D eigenvalue weighted by Crippen LogP contribution is 2.35. The fourth-order valence-corrected chi connectivity index (χ4v) is 2.82. The molecule has 100 valence electrons. The van der Waals surface area contributed by atoms with E-state index >= 15 is 0 Å². The van der Waals surface area contributed by atoms with Gasteiger partial charge in [0.2, 0.25) is 0 Å². The van der Waals surface area contributed by atoms with Crippen molar-refractivity contribution in [3.63, 3.8) is 0 Å². The third-order valence-electron chi connectivity index (χ3n) is 3.76. The van der Waals surface area contributed by atoms with Crippen LogP contribution in [0, 0.1) is 17.8 Å². The molecule has 0 aromatic rings. The monoisotopic (exact) mass is 260 g/mol. The highest BCUT2D eigenvalue weighted by molar-refractivity contribution is 6.17. The van der Waals surface area contributed by atoms with Crippen molar-refractivity contribution in [3.05, 3.63) is 0 Å². The highest BCUT2D eigenvalue weighted by atomic mass is 35.5. The quantitative estimate of drug-likeness (QED) is 0.552. The first-order chi connectivity index (χ1) is 8.04. The van der Waals surface area contributed by atoms with E-state index in [2.05, 4.69) is 20.8 Å². The fourth-order valence-electron chi connectivity index (χ4n) is 2.69. The Morgan fingerprint density at radius 2 is 2.12 bits per heavy atom. The number of carbonyl (C=O) groups excluding carboxylic acids is 1. The molecule has 0 aromatic carbocycles. The molecule has 0 aromatic heterocycles. The Bertz CT molecular complexity index is 240. The number of halogens is 1. The van der Waals surface area contributed by atoms with E-state index in [0.717, 1.165) is 12.8 Å². The Kier molecular flexibility index (Phi) is 6.32. The van der Waals surface area contributed by atoms with Gasteiger partial charge in [-0.25, -0.2) is 0 Å². The van der Waals surface area contributed by atoms with Crippen molar-refractivity contribution in [2.24, 2.45) is 17.8 Å². The number of ether oxygens (including phenoxy) is 1. The maximum Gasteiger partial charge on any atom is 0.306 e. The molecular formula is C14H25ClO2. The van der Waals surface area contributed by atoms with E-state index in [9.17, 15) is 4.79 Å². The van der Waals surface area contributed by atoms with E-state index in [0.29, 0.717) is 30.1 Å². The predicted molar refractivity (Wildman–Crippen MR) is 71.2 cm³/mol. The number of esters is 1. The molecule has 0 aliphatic heterocycles. The van der Waals surface area contributed by atoms with Crippen molar-refractivity contribution in [1.82, 2.24) is 0 Å². The molecule has 0 radical (unpaired) electrons. The van der Waals surface area contributed by atoms with E-state index in [1.165, 1.54) is 12.8 Å². The molecule has 1 aliphatic carbocycles. The Balaban J connectivity index is 2.48. The van der Waals surface area contributed by atoms with Gasteiger partial charge in [-0.3, -0.25) is 4.79 Å². The molecule has 0 spiro atoms. The Hall–Kier alpha value is -0.240. The van der Waals surface area contributed by atoms with Crippen LogP contribution < -0.4 is 0 Å². The summed E-state index contributed by atoms with van der Waals surface area (Å²) in [7, 11) is 0. The minimum Gasteiger partial charge on any atom is -0.462 e. The first-order valence-corrected chi connectivity index (χ1v) is 7.33. The summed E-state index contributed by atoms with van der Waals surface area (Å²) in [6, 6.07) is 0. The maximum atomic E-state index is 11.7. The van der Waals surface area contributed by atoms with Gasteiger partial charge in [0, 0.05) is 12.3 Å². The topological polar surface area (TPSA) is 26.3 Å². The van der Waals surface area contributed by atoms with Gasteiger partial charge in [0.15, 0.2) is 0 Å². The number of alkyl halides is 1. The van der Waals surface area contributed by atoms with Gasteiger partial charge in [-0.1, -0.05) is 27.2 Å². The molecule has 1 rings (SSSR count). The van der Waals surface area contributed by atoms with Crippen molar-refractivity contribution >= 4 is 17.6 Å². The molecule has 3 heteroatoms. The number of hydrogen-bond donors (Lipinski definition) is 0. The van der Waals surface area contributed by atoms with Crippen LogP contribution in [0.3, 0.4) is 0 Å². The van der Waals surface area contributed by atoms with Crippen LogP contribution in [0.15, 0.2) is 0 Å². The molecule has 0 saturated heterocycles. The smallest absolute Gasteiger partial charge is 0.306 e. The van der Waals surface area contributed by atoms with E-state index in [1.54, 1.807) is 0 Å². The van der Waals surface area contributed by atoms with E-state index in [1.807, 2.05) is 0 Å². The van der Waals surface area contributed by atoms with Crippen LogP contribution in [0.5, 0.6) is 0 Å². The van der Waals surface area contributed by atoms with Gasteiger partial charge in [-0.05, 0) is 37.0 Å². The molecule has 2 nitrogen and oxygen atoms in total. The van der Waals surface area contributed by atoms with E-state index < -0.39 is 0 Å². The lowest BCUT2D eigenvalue weighted by atomic mass is 9.75. The first kappa shape index (κ1) is 14.8. The van der Waals surface area contributed by atoms with Crippen LogP contribution in [0.4, 0.5) is 0 Å². The van der Waals surface area contributed by atoms with Crippen molar-refractivity contribution < 1.29 is 9.53 Å². The molecule has 1 saturated carbocycles. The third-order valence-corrected chi connectivity index (χ3v) is 4.03. The lowest BCUT2D eigenvalue weighted by Gasteiger charge is -2.36. The third kappa shape index (κ3) is 4.87. The summed E-state index contributed by atoms with van der Waals surface area (Å²) in [5.74, 6) is 2.26. The average Bonchev–Trinajstić information content (AvgIpc) is 2.26. The molecule has 1 aliphatic rings. The Morgan fingerprint density at radius 1 is 1.41 bits per heavy atom. The molecule has 0 amide bonds. The number of carbonyl (C=O) groups is 1. The highest BCUT2D eigenvalue weighted by Gasteiger charge is 2.33. The van der Waals surface area contributed by atoms with Crippen LogP contribution in [0.25, 0.3) is 0 Å². The summed E-state index contributed by atoms with van der Waals surface area (Å²) in [5, 5.41) is 0. The van der Waals surface area contributed by atoms with Gasteiger partial charge in [-0.15, -0.1) is 11.6 Å². The zero-order chi connectivity index (χ0) is 12.8. The molecule has 0 heterocycles. The van der Waals surface area contributed by atoms with Gasteiger partial charge in [-0.2, -0.15) is 0 Å². The molecule has 3 unspecified atom stereocenters. The van der Waals surface area contributed by atoms with Gasteiger partial charge < -0.3 is 4.74 Å². The maximum absolute atomic E-state index is 11.7. The van der Waals surface area contributed by atoms with Gasteiger partial charge >= 0.3 is 5.97 Å². The standard InChI is InChI=1S/C14H25ClO2/c1-10(2)12-7-6-11(3)9-13(12)17-14(16)5-4-8-15/h10-13H,4-9H2,1-3H3. The summed E-state index contributed by atoms with van der Waals surface area (Å²) in [6.07, 6.45) is 4.77. The lowest BCUT2D eigenvalue weighted by molar-refractivity contribution is -0.155. The minimum absolute atomic E-state index is 0.0737. The zero-order valence-electron chi connectivity index (χ0n) is 11.2. The summed E-state index contributed by atoms with van der Waals surface area (Å²) in [6.45, 7) is 6.69. The molecule has 17 heavy (non-hydrogen) atoms. The second kappa shape index (κ2) is 7.25. The first-order valence-electron chi connectivity index (χ1n) is 6.80. The number of hydrogen-bond acceptors (Lipinski definition) is 2. The van der Waals surface area contributed by atoms with Gasteiger partial charge in [0.1, 0.15) is 6.10 Å². The summed E-state index contributed by atoms with van der Waals surface area (Å²) in [4.78, 5) is 11.7. The molecule has 0 N–H and O–H groups in total. The second-order valence-corrected chi connectivity index (χ2v) is 6.02. The summed E-state index contributed by atoms with van der Waals surface area (Å²) < 4.78 is 5.64. The fraction of sp³-hybridized carbons (Fsp3) is 0.929. The van der Waals surface area contributed by atoms with Crippen LogP contribution in [-0.4, -0.2) is 18.0 Å². The van der Waals surface area contributed by atoms with Crippen LogP contribution in [-0.2, 0) is 9.53 Å². The molecular weight excluding hydrogens is 236 g/mol. The van der Waals surface area contributed by atoms with Crippen molar-refractivity contribution in [2.45, 2.75) is 59.0 Å². The lowest BCUT2D eigenvalue weighted by Crippen LogP contribution is -2.35. The van der Waals surface area contributed by atoms with Gasteiger partial charge in [0.05, 0.1) is 0 Å². The van der Waals surface area contributed by atoms with Crippen molar-refractivity contribution in [2.75, 3.05) is 5.88 Å². The van der Waals surface area contributed by atoms with Crippen LogP contribution in [0.2, 0.25) is 0 Å². The molecule has 3 atom stereocenters. The normalized spacial score (nSPS) is 29.4.